The van der Waals surface area contributed by atoms with Crippen LogP contribution in [-0.4, -0.2) is 84.0 Å². The van der Waals surface area contributed by atoms with Crippen LogP contribution in [0.15, 0.2) is 122 Å². The van der Waals surface area contributed by atoms with Gasteiger partial charge in [-0.25, -0.2) is 0 Å². The maximum absolute atomic E-state index is 6.07. The van der Waals surface area contributed by atoms with Gasteiger partial charge in [-0.3, -0.25) is 29.8 Å². The fourth-order valence-corrected chi connectivity index (χ4v) is 9.01. The highest BCUT2D eigenvalue weighted by atomic mass is 16.5. The molecule has 2 fully saturated rings. The van der Waals surface area contributed by atoms with Crippen LogP contribution in [0, 0.1) is 0 Å². The first-order chi connectivity index (χ1) is 30.4. The standard InChI is InChI=1S/C52H62N6O4/c1-6-29-61-49-19-17-39(30-51(49)59-7-2)36-55-25-21-43(22-26-55)57(45-32-41-13-9-11-15-47(41)53-34-45)58(46-33-42-14-10-12-16-48(42)54-35-46)44-23-27-56(28-24-44)37-40-18-20-50(62-38(4)5)52(31-40)60-8-3/h6,9-20,30-35,38,43-44H,1,7-8,21-29,36-37H2,2-5H3. The van der Waals surface area contributed by atoms with Crippen molar-refractivity contribution in [3.05, 3.63) is 133 Å². The summed E-state index contributed by atoms with van der Waals surface area (Å²) in [5.74, 6) is 3.16. The Bertz CT molecular complexity index is 2410. The molecule has 2 aliphatic rings. The van der Waals surface area contributed by atoms with E-state index in [0.717, 1.165) is 121 Å². The number of hydrogen-bond donors (Lipinski definition) is 0. The summed E-state index contributed by atoms with van der Waals surface area (Å²) < 4.78 is 24.0. The van der Waals surface area contributed by atoms with Gasteiger partial charge >= 0.3 is 0 Å². The lowest BCUT2D eigenvalue weighted by Crippen LogP contribution is -2.59. The lowest BCUT2D eigenvalue weighted by molar-refractivity contribution is 0.183. The van der Waals surface area contributed by atoms with Gasteiger partial charge in [0.05, 0.1) is 66.2 Å². The van der Waals surface area contributed by atoms with E-state index in [4.69, 9.17) is 28.9 Å². The lowest BCUT2D eigenvalue weighted by atomic mass is 9.99. The monoisotopic (exact) mass is 834 g/mol. The smallest absolute Gasteiger partial charge is 0.161 e. The first-order valence-electron chi connectivity index (χ1n) is 22.5. The maximum atomic E-state index is 6.07. The lowest BCUT2D eigenvalue weighted by Gasteiger charge is -2.50. The molecular weight excluding hydrogens is 773 g/mol. The van der Waals surface area contributed by atoms with Crippen LogP contribution in [0.1, 0.15) is 64.5 Å². The molecule has 0 aliphatic carbocycles. The predicted molar refractivity (Wildman–Crippen MR) is 252 cm³/mol. The van der Waals surface area contributed by atoms with Gasteiger partial charge in [-0.2, -0.15) is 0 Å². The van der Waals surface area contributed by atoms with Gasteiger partial charge in [-0.1, -0.05) is 61.2 Å². The van der Waals surface area contributed by atoms with Gasteiger partial charge in [0.25, 0.3) is 0 Å². The number of piperidine rings is 2. The van der Waals surface area contributed by atoms with E-state index < -0.39 is 0 Å². The quantitative estimate of drug-likeness (QED) is 0.0617. The number of anilines is 2. The molecule has 10 heteroatoms. The van der Waals surface area contributed by atoms with Gasteiger partial charge < -0.3 is 18.9 Å². The third-order valence-corrected chi connectivity index (χ3v) is 11.9. The number of likely N-dealkylation sites (tertiary alicyclic amines) is 2. The van der Waals surface area contributed by atoms with Crippen LogP contribution in [0.25, 0.3) is 21.8 Å². The predicted octanol–water partition coefficient (Wildman–Crippen LogP) is 10.5. The molecule has 0 N–H and O–H groups in total. The number of nitrogens with zero attached hydrogens (tertiary/aromatic N) is 6. The molecule has 0 spiro atoms. The molecule has 4 heterocycles. The van der Waals surface area contributed by atoms with E-state index in [1.165, 1.54) is 11.1 Å². The molecule has 0 saturated carbocycles. The van der Waals surface area contributed by atoms with E-state index >= 15 is 0 Å². The Balaban J connectivity index is 1.07. The van der Waals surface area contributed by atoms with Crippen LogP contribution in [0.3, 0.4) is 0 Å². The Kier molecular flexibility index (Phi) is 14.1. The highest BCUT2D eigenvalue weighted by Crippen LogP contribution is 2.37. The molecule has 6 aromatic rings. The second kappa shape index (κ2) is 20.4. The van der Waals surface area contributed by atoms with Gasteiger partial charge in [-0.05, 0) is 113 Å². The van der Waals surface area contributed by atoms with Crippen molar-refractivity contribution in [2.75, 3.05) is 56.0 Å². The Morgan fingerprint density at radius 1 is 0.613 bits per heavy atom. The number of pyridine rings is 2. The topological polar surface area (TPSA) is 75.7 Å². The normalized spacial score (nSPS) is 15.5. The Labute approximate surface area is 367 Å². The summed E-state index contributed by atoms with van der Waals surface area (Å²) >= 11 is 0. The van der Waals surface area contributed by atoms with Crippen LogP contribution >= 0.6 is 0 Å². The van der Waals surface area contributed by atoms with Crippen LogP contribution < -0.4 is 29.0 Å². The van der Waals surface area contributed by atoms with E-state index in [0.29, 0.717) is 19.8 Å². The summed E-state index contributed by atoms with van der Waals surface area (Å²) in [6, 6.07) is 34.8. The molecule has 0 atom stereocenters. The first-order valence-corrected chi connectivity index (χ1v) is 22.5. The number of rotatable bonds is 18. The van der Waals surface area contributed by atoms with E-state index in [9.17, 15) is 0 Å². The van der Waals surface area contributed by atoms with Crippen molar-refractivity contribution in [3.63, 3.8) is 0 Å². The highest BCUT2D eigenvalue weighted by molar-refractivity contribution is 5.84. The second-order valence-corrected chi connectivity index (χ2v) is 16.7. The van der Waals surface area contributed by atoms with Crippen molar-refractivity contribution >= 4 is 33.2 Å². The fraction of sp³-hybridized carbons (Fsp3) is 0.385. The van der Waals surface area contributed by atoms with Gasteiger partial charge in [0, 0.05) is 50.0 Å². The number of hydrogen-bond acceptors (Lipinski definition) is 10. The minimum Gasteiger partial charge on any atom is -0.490 e. The van der Waals surface area contributed by atoms with E-state index in [-0.39, 0.29) is 18.2 Å². The Morgan fingerprint density at radius 2 is 1.08 bits per heavy atom. The number of ether oxygens (including phenoxy) is 4. The van der Waals surface area contributed by atoms with E-state index in [1.54, 1.807) is 6.08 Å². The number of hydrazine groups is 1. The Hall–Kier alpha value is -5.84. The zero-order valence-electron chi connectivity index (χ0n) is 36.9. The number of aromatic nitrogens is 2. The average Bonchev–Trinajstić information content (AvgIpc) is 3.29. The van der Waals surface area contributed by atoms with Crippen molar-refractivity contribution in [1.82, 2.24) is 19.8 Å². The summed E-state index contributed by atoms with van der Waals surface area (Å²) in [7, 11) is 0. The zero-order chi connectivity index (χ0) is 42.8. The van der Waals surface area contributed by atoms with Crippen LogP contribution in [-0.2, 0) is 13.1 Å². The van der Waals surface area contributed by atoms with Gasteiger partial charge in [0.1, 0.15) is 6.61 Å². The summed E-state index contributed by atoms with van der Waals surface area (Å²) in [6.45, 7) is 19.1. The molecule has 324 valence electrons. The zero-order valence-corrected chi connectivity index (χ0v) is 36.9. The molecule has 10 nitrogen and oxygen atoms in total. The largest absolute Gasteiger partial charge is 0.490 e. The molecule has 4 aromatic carbocycles. The fourth-order valence-electron chi connectivity index (χ4n) is 9.01. The minimum atomic E-state index is 0.0817. The first kappa shape index (κ1) is 42.8. The number of fused-ring (bicyclic) bond motifs is 2. The average molecular weight is 835 g/mol. The van der Waals surface area contributed by atoms with Crippen molar-refractivity contribution in [1.29, 1.82) is 0 Å². The molecule has 0 unspecified atom stereocenters. The second-order valence-electron chi connectivity index (χ2n) is 16.7. The minimum absolute atomic E-state index is 0.0817. The molecule has 2 aliphatic heterocycles. The van der Waals surface area contributed by atoms with Gasteiger partial charge in [0.15, 0.2) is 23.0 Å². The number of para-hydroxylation sites is 2. The maximum Gasteiger partial charge on any atom is 0.161 e. The molecule has 0 bridgehead atoms. The summed E-state index contributed by atoms with van der Waals surface area (Å²) in [5.41, 5.74) is 6.69. The van der Waals surface area contributed by atoms with Crippen molar-refractivity contribution < 1.29 is 18.9 Å². The number of benzene rings is 4. The molecule has 2 saturated heterocycles. The van der Waals surface area contributed by atoms with Gasteiger partial charge in [0.2, 0.25) is 0 Å². The van der Waals surface area contributed by atoms with Crippen molar-refractivity contribution in [3.8, 4) is 23.0 Å². The van der Waals surface area contributed by atoms with Crippen molar-refractivity contribution in [2.45, 2.75) is 84.7 Å². The molecule has 62 heavy (non-hydrogen) atoms. The molecule has 0 radical (unpaired) electrons. The third-order valence-electron chi connectivity index (χ3n) is 11.9. The summed E-state index contributed by atoms with van der Waals surface area (Å²) in [6.07, 6.45) is 10.0. The van der Waals surface area contributed by atoms with E-state index in [2.05, 4.69) is 130 Å². The molecule has 8 rings (SSSR count). The highest BCUT2D eigenvalue weighted by Gasteiger charge is 2.36. The molecule has 2 aromatic heterocycles. The van der Waals surface area contributed by atoms with E-state index in [1.807, 2.05) is 33.8 Å². The van der Waals surface area contributed by atoms with Crippen LogP contribution in [0.5, 0.6) is 23.0 Å². The van der Waals surface area contributed by atoms with Crippen LogP contribution in [0.2, 0.25) is 0 Å². The third kappa shape index (κ3) is 10.3. The summed E-state index contributed by atoms with van der Waals surface area (Å²) in [4.78, 5) is 15.2. The summed E-state index contributed by atoms with van der Waals surface area (Å²) in [5, 5.41) is 7.48. The van der Waals surface area contributed by atoms with Gasteiger partial charge in [-0.15, -0.1) is 0 Å². The van der Waals surface area contributed by atoms with Crippen LogP contribution in [0.4, 0.5) is 11.4 Å². The molecule has 0 amide bonds. The Morgan fingerprint density at radius 3 is 1.55 bits per heavy atom. The molecular formula is C52H62N6O4. The van der Waals surface area contributed by atoms with Crippen molar-refractivity contribution in [2.24, 2.45) is 0 Å². The SMILES string of the molecule is C=CCOc1ccc(CN2CCC(N(c3cnc4ccccc4c3)N(c3cnc4ccccc4c3)C3CCN(Cc4ccc(OC(C)C)c(OCC)c4)CC3)CC2)cc1OCC.